The van der Waals surface area contributed by atoms with Gasteiger partial charge in [-0.05, 0) is 13.3 Å². The number of methoxy groups -OCH3 is 3. The highest BCUT2D eigenvalue weighted by atomic mass is 35.5. The highest BCUT2D eigenvalue weighted by Crippen LogP contribution is 2.50. The van der Waals surface area contributed by atoms with Crippen LogP contribution < -0.4 is 9.47 Å². The van der Waals surface area contributed by atoms with Gasteiger partial charge in [0.1, 0.15) is 24.0 Å². The van der Waals surface area contributed by atoms with Crippen molar-refractivity contribution in [2.24, 2.45) is 0 Å². The van der Waals surface area contributed by atoms with Crippen LogP contribution >= 0.6 is 11.6 Å². The molecule has 0 radical (unpaired) electrons. The minimum absolute atomic E-state index is 0.0115. The number of sulfone groups is 1. The minimum Gasteiger partial charge on any atom is -0.479 e. The topological polar surface area (TPSA) is 144 Å². The Morgan fingerprint density at radius 1 is 1.11 bits per heavy atom. The molecule has 1 saturated carbocycles. The summed E-state index contributed by atoms with van der Waals surface area (Å²) in [7, 11) is -0.0883. The number of nitrogens with zero attached hydrogens (tertiary/aromatic N) is 7. The lowest BCUT2D eigenvalue weighted by atomic mass is 9.80. The molecule has 3 atom stereocenters. The summed E-state index contributed by atoms with van der Waals surface area (Å²) >= 11 is 5.84. The molecule has 3 aromatic heterocycles. The van der Waals surface area contributed by atoms with Crippen LogP contribution in [-0.4, -0.2) is 75.6 Å². The highest BCUT2D eigenvalue weighted by molar-refractivity contribution is 7.91. The molecule has 0 amide bonds. The summed E-state index contributed by atoms with van der Waals surface area (Å²) in [6.45, 7) is 1.43. The van der Waals surface area contributed by atoms with Gasteiger partial charge in [0.25, 0.3) is 5.92 Å². The van der Waals surface area contributed by atoms with Crippen LogP contribution in [0, 0.1) is 0 Å². The van der Waals surface area contributed by atoms with Crippen LogP contribution in [0.1, 0.15) is 49.3 Å². The third-order valence-electron chi connectivity index (χ3n) is 6.18. The number of aromatic nitrogens is 7. The van der Waals surface area contributed by atoms with E-state index in [1.807, 2.05) is 0 Å². The first-order valence-electron chi connectivity index (χ1n) is 11.0. The number of ether oxygens (including phenoxy) is 3. The van der Waals surface area contributed by atoms with E-state index in [-0.39, 0.29) is 52.8 Å². The highest BCUT2D eigenvalue weighted by Gasteiger charge is 2.52. The van der Waals surface area contributed by atoms with Crippen molar-refractivity contribution >= 4 is 21.4 Å². The van der Waals surface area contributed by atoms with Gasteiger partial charge in [-0.2, -0.15) is 9.97 Å². The molecule has 0 spiro atoms. The van der Waals surface area contributed by atoms with Crippen molar-refractivity contribution in [2.75, 3.05) is 21.3 Å². The van der Waals surface area contributed by atoms with Gasteiger partial charge in [-0.1, -0.05) is 11.6 Å². The largest absolute Gasteiger partial charge is 0.479 e. The first-order chi connectivity index (χ1) is 17.5. The predicted molar refractivity (Wildman–Crippen MR) is 126 cm³/mol. The molecule has 0 saturated heterocycles. The van der Waals surface area contributed by atoms with Gasteiger partial charge in [0, 0.05) is 25.9 Å². The van der Waals surface area contributed by atoms with Gasteiger partial charge in [-0.3, -0.25) is 4.57 Å². The summed E-state index contributed by atoms with van der Waals surface area (Å²) in [6.07, 6.45) is 2.57. The Hall–Kier alpha value is -3.04. The smallest absolute Gasteiger partial charge is 0.258 e. The molecular formula is C21H24ClF2N7O5S. The monoisotopic (exact) mass is 559 g/mol. The molecule has 1 fully saturated rings. The molecule has 0 aromatic carbocycles. The third kappa shape index (κ3) is 5.07. The van der Waals surface area contributed by atoms with Gasteiger partial charge in [-0.25, -0.2) is 27.2 Å². The lowest BCUT2D eigenvalue weighted by Crippen LogP contribution is -2.38. The van der Waals surface area contributed by atoms with E-state index in [2.05, 4.69) is 30.1 Å². The van der Waals surface area contributed by atoms with Gasteiger partial charge >= 0.3 is 0 Å². The molecule has 0 aliphatic heterocycles. The van der Waals surface area contributed by atoms with Crippen molar-refractivity contribution in [3.63, 3.8) is 0 Å². The fourth-order valence-electron chi connectivity index (χ4n) is 4.03. The molecule has 0 unspecified atom stereocenters. The first-order valence-corrected chi connectivity index (χ1v) is 13.1. The Kier molecular flexibility index (Phi) is 7.57. The van der Waals surface area contributed by atoms with Gasteiger partial charge < -0.3 is 14.2 Å². The van der Waals surface area contributed by atoms with E-state index < -0.39 is 38.8 Å². The van der Waals surface area contributed by atoms with Crippen molar-refractivity contribution in [2.45, 2.75) is 48.7 Å². The van der Waals surface area contributed by atoms with Crippen LogP contribution in [0.15, 0.2) is 18.7 Å². The second-order valence-corrected chi connectivity index (χ2v) is 11.1. The zero-order chi connectivity index (χ0) is 27.0. The molecule has 37 heavy (non-hydrogen) atoms. The number of hydrogen-bond donors (Lipinski definition) is 0. The number of alkyl halides is 2. The van der Waals surface area contributed by atoms with Crippen molar-refractivity contribution < 1.29 is 31.4 Å². The second kappa shape index (κ2) is 10.4. The van der Waals surface area contributed by atoms with E-state index in [0.717, 1.165) is 6.33 Å². The average Bonchev–Trinajstić information content (AvgIpc) is 3.25. The fraction of sp³-hybridized carbons (Fsp3) is 0.524. The van der Waals surface area contributed by atoms with Gasteiger partial charge in [-0.15, -0.1) is 10.2 Å². The molecule has 200 valence electrons. The van der Waals surface area contributed by atoms with Crippen molar-refractivity contribution in [1.82, 2.24) is 34.7 Å². The summed E-state index contributed by atoms with van der Waals surface area (Å²) < 4.78 is 73.2. The maximum Gasteiger partial charge on any atom is 0.258 e. The van der Waals surface area contributed by atoms with Gasteiger partial charge in [0.05, 0.1) is 30.4 Å². The molecular weight excluding hydrogens is 536 g/mol. The van der Waals surface area contributed by atoms with Crippen LogP contribution in [0.25, 0.3) is 5.69 Å². The van der Waals surface area contributed by atoms with Crippen LogP contribution in [-0.2, 0) is 20.3 Å². The van der Waals surface area contributed by atoms with Crippen molar-refractivity contribution in [3.8, 4) is 17.4 Å². The molecule has 12 nitrogen and oxygen atoms in total. The van der Waals surface area contributed by atoms with E-state index in [4.69, 9.17) is 25.8 Å². The Morgan fingerprint density at radius 2 is 1.73 bits per heavy atom. The zero-order valence-corrected chi connectivity index (χ0v) is 21.9. The average molecular weight is 560 g/mol. The van der Waals surface area contributed by atoms with E-state index in [1.54, 1.807) is 0 Å². The summed E-state index contributed by atoms with van der Waals surface area (Å²) in [4.78, 5) is 16.2. The summed E-state index contributed by atoms with van der Waals surface area (Å²) in [5.74, 6) is -5.28. The van der Waals surface area contributed by atoms with Crippen molar-refractivity contribution in [3.05, 3.63) is 41.2 Å². The zero-order valence-electron chi connectivity index (χ0n) is 20.3. The summed E-state index contributed by atoms with van der Waals surface area (Å²) in [5, 5.41) is 7.08. The first kappa shape index (κ1) is 27.0. The van der Waals surface area contributed by atoms with Crippen LogP contribution in [0.2, 0.25) is 5.02 Å². The minimum atomic E-state index is -4.05. The lowest BCUT2D eigenvalue weighted by molar-refractivity contribution is -0.0994. The molecule has 3 heterocycles. The number of halogens is 3. The van der Waals surface area contributed by atoms with E-state index >= 15 is 0 Å². The van der Waals surface area contributed by atoms with Gasteiger partial charge in [0.2, 0.25) is 11.8 Å². The quantitative estimate of drug-likeness (QED) is 0.361. The Morgan fingerprint density at radius 3 is 2.22 bits per heavy atom. The Labute approximate surface area is 216 Å². The standard InChI is InChI=1S/C21H24ClF2N7O5S/c1-11(16(34-2)17-25-7-12(22)8-26-17)37(32,33)9-14-29-30-18(13-5-6-21(13,23)24)31(14)15-19(35-3)27-10-28-20(15)36-4/h7-8,10-11,13,16H,5-6,9H2,1-4H3/t11-,13-,16-/m0/s1. The summed E-state index contributed by atoms with van der Waals surface area (Å²) in [6, 6.07) is 0. The third-order valence-corrected chi connectivity index (χ3v) is 8.42. The molecule has 4 rings (SSSR count). The van der Waals surface area contributed by atoms with Gasteiger partial charge in [0.15, 0.2) is 27.2 Å². The predicted octanol–water partition coefficient (Wildman–Crippen LogP) is 2.72. The maximum atomic E-state index is 14.5. The lowest BCUT2D eigenvalue weighted by Gasteiger charge is -2.35. The fourth-order valence-corrected chi connectivity index (χ4v) is 5.55. The number of hydrogen-bond acceptors (Lipinski definition) is 11. The second-order valence-electron chi connectivity index (χ2n) is 8.33. The summed E-state index contributed by atoms with van der Waals surface area (Å²) in [5.41, 5.74) is 0.0115. The van der Waals surface area contributed by atoms with Crippen LogP contribution in [0.5, 0.6) is 11.8 Å². The van der Waals surface area contributed by atoms with Crippen LogP contribution in [0.3, 0.4) is 0 Å². The maximum absolute atomic E-state index is 14.5. The molecule has 3 aromatic rings. The number of rotatable bonds is 10. The SMILES string of the molecule is COc1ncnc(OC)c1-n1c(CS(=O)(=O)[C@@H](C)[C@H](OC)c2ncc(Cl)cn2)nnc1[C@@H]1CCC1(F)F. The Balaban J connectivity index is 1.80. The van der Waals surface area contributed by atoms with E-state index in [9.17, 15) is 17.2 Å². The molecule has 0 bridgehead atoms. The normalized spacial score (nSPS) is 18.6. The van der Waals surface area contributed by atoms with E-state index in [1.165, 1.54) is 45.2 Å². The van der Waals surface area contributed by atoms with E-state index in [0.29, 0.717) is 0 Å². The van der Waals surface area contributed by atoms with Crippen molar-refractivity contribution in [1.29, 1.82) is 0 Å². The van der Waals surface area contributed by atoms with Crippen LogP contribution in [0.4, 0.5) is 8.78 Å². The molecule has 0 N–H and O–H groups in total. The molecule has 1 aliphatic carbocycles. The molecule has 16 heteroatoms. The Bertz CT molecular complexity index is 1350. The molecule has 1 aliphatic rings.